The Kier molecular flexibility index (Phi) is 3.93. The van der Waals surface area contributed by atoms with Gasteiger partial charge in [-0.1, -0.05) is 30.3 Å². The smallest absolute Gasteiger partial charge is 0.274 e. The molecule has 3 aromatic rings. The third-order valence-corrected chi connectivity index (χ3v) is 4.30. The molecule has 6 nitrogen and oxygen atoms in total. The quantitative estimate of drug-likeness (QED) is 0.736. The van der Waals surface area contributed by atoms with Crippen LogP contribution in [0.15, 0.2) is 52.9 Å². The number of hydrogen-bond acceptors (Lipinski definition) is 5. The highest BCUT2D eigenvalue weighted by atomic mass is 16.5. The number of methoxy groups -OCH3 is 1. The van der Waals surface area contributed by atoms with Gasteiger partial charge in [0.05, 0.1) is 13.7 Å². The molecule has 1 aromatic carbocycles. The number of nitrogens with zero attached hydrogens (tertiary/aromatic N) is 3. The van der Waals surface area contributed by atoms with Gasteiger partial charge in [-0.3, -0.25) is 4.79 Å². The molecule has 1 amide bonds. The maximum Gasteiger partial charge on any atom is 0.274 e. The molecule has 3 heterocycles. The number of rotatable bonds is 3. The minimum Gasteiger partial charge on any atom is -0.480 e. The summed E-state index contributed by atoms with van der Waals surface area (Å²) >= 11 is 0. The predicted molar refractivity (Wildman–Crippen MR) is 91.2 cm³/mol. The highest BCUT2D eigenvalue weighted by Crippen LogP contribution is 2.29. The van der Waals surface area contributed by atoms with Gasteiger partial charge in [-0.05, 0) is 24.1 Å². The Balaban J connectivity index is 1.54. The van der Waals surface area contributed by atoms with Gasteiger partial charge in [0.15, 0.2) is 5.69 Å². The van der Waals surface area contributed by atoms with Crippen molar-refractivity contribution in [3.63, 3.8) is 0 Å². The molecule has 0 N–H and O–H groups in total. The van der Waals surface area contributed by atoms with E-state index in [0.29, 0.717) is 24.7 Å². The molecule has 0 unspecified atom stereocenters. The number of carbonyl (C=O) groups excluding carboxylic acids is 1. The van der Waals surface area contributed by atoms with Gasteiger partial charge in [-0.25, -0.2) is 0 Å². The van der Waals surface area contributed by atoms with E-state index in [-0.39, 0.29) is 5.91 Å². The second kappa shape index (κ2) is 6.39. The fourth-order valence-electron chi connectivity index (χ4n) is 2.94. The summed E-state index contributed by atoms with van der Waals surface area (Å²) in [7, 11) is 1.51. The first-order chi connectivity index (χ1) is 12.2. The van der Waals surface area contributed by atoms with Crippen LogP contribution in [0.5, 0.6) is 5.88 Å². The first-order valence-electron chi connectivity index (χ1n) is 8.08. The molecule has 25 heavy (non-hydrogen) atoms. The number of amides is 1. The molecule has 0 saturated heterocycles. The summed E-state index contributed by atoms with van der Waals surface area (Å²) in [5.74, 6) is 1.90. The van der Waals surface area contributed by atoms with E-state index in [1.807, 2.05) is 30.3 Å². The van der Waals surface area contributed by atoms with Gasteiger partial charge < -0.3 is 14.1 Å². The summed E-state index contributed by atoms with van der Waals surface area (Å²) in [4.78, 5) is 14.4. The predicted octanol–water partition coefficient (Wildman–Crippen LogP) is 2.94. The normalized spacial score (nSPS) is 13.4. The third kappa shape index (κ3) is 2.98. The van der Waals surface area contributed by atoms with Crippen molar-refractivity contribution in [2.75, 3.05) is 13.7 Å². The zero-order valence-corrected chi connectivity index (χ0v) is 13.8. The summed E-state index contributed by atoms with van der Waals surface area (Å²) in [6, 6.07) is 15.3. The Hall–Kier alpha value is -3.15. The molecule has 2 aromatic heterocycles. The summed E-state index contributed by atoms with van der Waals surface area (Å²) in [6.07, 6.45) is 0.765. The van der Waals surface area contributed by atoms with Crippen LogP contribution in [0.1, 0.15) is 21.8 Å². The van der Waals surface area contributed by atoms with E-state index in [2.05, 4.69) is 16.3 Å². The lowest BCUT2D eigenvalue weighted by Gasteiger charge is -2.25. The fourth-order valence-corrected chi connectivity index (χ4v) is 2.94. The number of fused-ring (bicyclic) bond motifs is 1. The van der Waals surface area contributed by atoms with Gasteiger partial charge in [-0.15, -0.1) is 10.2 Å². The Morgan fingerprint density at radius 1 is 1.16 bits per heavy atom. The van der Waals surface area contributed by atoms with E-state index in [1.165, 1.54) is 7.11 Å². The number of ether oxygens (including phenoxy) is 1. The molecule has 126 valence electrons. The molecule has 4 rings (SSSR count). The molecular formula is C19H17N3O3. The largest absolute Gasteiger partial charge is 0.480 e. The van der Waals surface area contributed by atoms with Crippen LogP contribution >= 0.6 is 0 Å². The molecule has 6 heteroatoms. The van der Waals surface area contributed by atoms with Gasteiger partial charge in [0.2, 0.25) is 5.88 Å². The molecule has 0 saturated carbocycles. The molecule has 0 fully saturated rings. The van der Waals surface area contributed by atoms with Crippen molar-refractivity contribution in [1.29, 1.82) is 0 Å². The van der Waals surface area contributed by atoms with E-state index in [9.17, 15) is 4.79 Å². The number of hydrogen-bond donors (Lipinski definition) is 0. The zero-order valence-electron chi connectivity index (χ0n) is 13.8. The van der Waals surface area contributed by atoms with Crippen LogP contribution in [-0.4, -0.2) is 34.7 Å². The minimum atomic E-state index is -0.154. The van der Waals surface area contributed by atoms with Crippen molar-refractivity contribution in [1.82, 2.24) is 15.1 Å². The minimum absolute atomic E-state index is 0.154. The van der Waals surface area contributed by atoms with Crippen molar-refractivity contribution < 1.29 is 13.9 Å². The highest BCUT2D eigenvalue weighted by Gasteiger charge is 2.26. The number of carbonyl (C=O) groups is 1. The maximum absolute atomic E-state index is 12.6. The molecule has 0 atom stereocenters. The second-order valence-corrected chi connectivity index (χ2v) is 5.86. The molecule has 0 radical (unpaired) electrons. The Morgan fingerprint density at radius 3 is 2.72 bits per heavy atom. The van der Waals surface area contributed by atoms with Crippen LogP contribution in [0.3, 0.4) is 0 Å². The number of furan rings is 1. The third-order valence-electron chi connectivity index (χ3n) is 4.30. The lowest BCUT2D eigenvalue weighted by atomic mass is 10.1. The average Bonchev–Trinajstić information content (AvgIpc) is 3.11. The van der Waals surface area contributed by atoms with Crippen molar-refractivity contribution in [2.24, 2.45) is 0 Å². The van der Waals surface area contributed by atoms with Crippen molar-refractivity contribution >= 4 is 5.91 Å². The highest BCUT2D eigenvalue weighted by molar-refractivity contribution is 5.92. The van der Waals surface area contributed by atoms with E-state index >= 15 is 0 Å². The SMILES string of the molecule is COc1ccc(C(=O)N2CCc3cc(-c4ccccc4)oc3C2)nn1. The number of benzene rings is 1. The zero-order chi connectivity index (χ0) is 17.2. The molecule has 1 aliphatic heterocycles. The van der Waals surface area contributed by atoms with Crippen molar-refractivity contribution in [3.05, 3.63) is 65.5 Å². The summed E-state index contributed by atoms with van der Waals surface area (Å²) < 4.78 is 11.0. The Morgan fingerprint density at radius 2 is 2.00 bits per heavy atom. The number of aromatic nitrogens is 2. The topological polar surface area (TPSA) is 68.5 Å². The van der Waals surface area contributed by atoms with Crippen LogP contribution in [0.25, 0.3) is 11.3 Å². The molecular weight excluding hydrogens is 318 g/mol. The summed E-state index contributed by atoms with van der Waals surface area (Å²) in [5.41, 5.74) is 2.50. The Bertz CT molecular complexity index is 888. The lowest BCUT2D eigenvalue weighted by Crippen LogP contribution is -2.36. The van der Waals surface area contributed by atoms with Crippen LogP contribution in [0, 0.1) is 0 Å². The second-order valence-electron chi connectivity index (χ2n) is 5.86. The van der Waals surface area contributed by atoms with Gasteiger partial charge >= 0.3 is 0 Å². The standard InChI is InChI=1S/C19H17N3O3/c1-24-18-8-7-15(20-21-18)19(23)22-10-9-14-11-16(25-17(14)12-22)13-5-3-2-4-6-13/h2-8,11H,9-10,12H2,1H3. The van der Waals surface area contributed by atoms with E-state index in [4.69, 9.17) is 9.15 Å². The van der Waals surface area contributed by atoms with Crippen molar-refractivity contribution in [2.45, 2.75) is 13.0 Å². The van der Waals surface area contributed by atoms with Crippen LogP contribution in [0.4, 0.5) is 0 Å². The molecule has 0 bridgehead atoms. The fraction of sp³-hybridized carbons (Fsp3) is 0.211. The summed E-state index contributed by atoms with van der Waals surface area (Å²) in [5, 5.41) is 7.79. The molecule has 1 aliphatic rings. The monoisotopic (exact) mass is 335 g/mol. The lowest BCUT2D eigenvalue weighted by molar-refractivity contribution is 0.0713. The molecule has 0 aliphatic carbocycles. The van der Waals surface area contributed by atoms with E-state index < -0.39 is 0 Å². The van der Waals surface area contributed by atoms with Crippen molar-refractivity contribution in [3.8, 4) is 17.2 Å². The van der Waals surface area contributed by atoms with Crippen LogP contribution < -0.4 is 4.74 Å². The first kappa shape index (κ1) is 15.4. The summed E-state index contributed by atoms with van der Waals surface area (Å²) in [6.45, 7) is 1.07. The molecule has 0 spiro atoms. The van der Waals surface area contributed by atoms with Gasteiger partial charge in [0, 0.05) is 18.2 Å². The maximum atomic E-state index is 12.6. The van der Waals surface area contributed by atoms with Crippen LogP contribution in [0.2, 0.25) is 0 Å². The Labute approximate surface area is 145 Å². The first-order valence-corrected chi connectivity index (χ1v) is 8.08. The van der Waals surface area contributed by atoms with E-state index in [1.54, 1.807) is 17.0 Å². The average molecular weight is 335 g/mol. The van der Waals surface area contributed by atoms with E-state index in [0.717, 1.165) is 29.1 Å². The van der Waals surface area contributed by atoms with Gasteiger partial charge in [-0.2, -0.15) is 0 Å². The van der Waals surface area contributed by atoms with Crippen LogP contribution in [-0.2, 0) is 13.0 Å². The van der Waals surface area contributed by atoms with Gasteiger partial charge in [0.1, 0.15) is 11.5 Å². The van der Waals surface area contributed by atoms with Gasteiger partial charge in [0.25, 0.3) is 5.91 Å².